The van der Waals surface area contributed by atoms with Crippen LogP contribution >= 0.6 is 0 Å². The number of nitrogens with zero attached hydrogens (tertiary/aromatic N) is 1. The minimum atomic E-state index is -0.458. The summed E-state index contributed by atoms with van der Waals surface area (Å²) < 4.78 is 5.46. The fraction of sp³-hybridized carbons (Fsp3) is 0. The highest BCUT2D eigenvalue weighted by molar-refractivity contribution is 5.12. The van der Waals surface area contributed by atoms with Crippen LogP contribution in [0.4, 0.5) is 0 Å². The number of aromatic nitrogens is 1. The summed E-state index contributed by atoms with van der Waals surface area (Å²) in [5.41, 5.74) is 0. The maximum Gasteiger partial charge on any atom is 0.303 e. The maximum atomic E-state index is 10.3. The number of rotatable bonds is 1. The van der Waals surface area contributed by atoms with Gasteiger partial charge in [-0.3, -0.25) is 0 Å². The molecule has 1 rings (SSSR count). The highest BCUT2D eigenvalue weighted by atomic mass is 16.4. The fourth-order valence-electron chi connectivity index (χ4n) is 0.370. The molecule has 0 aliphatic carbocycles. The van der Waals surface area contributed by atoms with Gasteiger partial charge in [-0.1, -0.05) is 6.20 Å². The molecule has 0 bridgehead atoms. The van der Waals surface area contributed by atoms with Crippen molar-refractivity contribution in [3.63, 3.8) is 0 Å². The predicted octanol–water partition coefficient (Wildman–Crippen LogP) is 0.342. The second kappa shape index (κ2) is 1.69. The third-order valence-electron chi connectivity index (χ3n) is 0.731. The van der Waals surface area contributed by atoms with Gasteiger partial charge in [0.15, 0.2) is 0 Å². The monoisotopic (exact) mass is 110 g/mol. The van der Waals surface area contributed by atoms with Crippen molar-refractivity contribution in [2.24, 2.45) is 0 Å². The highest BCUT2D eigenvalue weighted by Crippen LogP contribution is 1.76. The molecule has 0 radical (unpaired) electrons. The topological polar surface area (TPSA) is 35.1 Å². The lowest BCUT2D eigenvalue weighted by Crippen LogP contribution is -2.05. The fourth-order valence-corrected chi connectivity index (χ4v) is 0.370. The molecular weight excluding hydrogens is 106 g/mol. The van der Waals surface area contributed by atoms with Gasteiger partial charge in [-0.25, -0.2) is 0 Å². The zero-order valence-electron chi connectivity index (χ0n) is 4.13. The van der Waals surface area contributed by atoms with E-state index in [1.54, 1.807) is 0 Å². The summed E-state index contributed by atoms with van der Waals surface area (Å²) in [6, 6.07) is 0. The SMILES string of the molecule is C=Cn1[c-]coc1=O. The van der Waals surface area contributed by atoms with E-state index in [9.17, 15) is 4.79 Å². The van der Waals surface area contributed by atoms with Crippen LogP contribution in [-0.2, 0) is 0 Å². The third kappa shape index (κ3) is 0.578. The van der Waals surface area contributed by atoms with Gasteiger partial charge in [-0.2, -0.15) is 0 Å². The Morgan fingerprint density at radius 2 is 2.75 bits per heavy atom. The van der Waals surface area contributed by atoms with Crippen LogP contribution in [0.25, 0.3) is 6.20 Å². The first-order chi connectivity index (χ1) is 3.84. The average Bonchev–Trinajstić information content (AvgIpc) is 2.14. The minimum Gasteiger partial charge on any atom is -0.488 e. The van der Waals surface area contributed by atoms with Gasteiger partial charge in [-0.15, -0.1) is 12.8 Å². The van der Waals surface area contributed by atoms with E-state index >= 15 is 0 Å². The van der Waals surface area contributed by atoms with Crippen molar-refractivity contribution >= 4 is 6.20 Å². The lowest BCUT2D eigenvalue weighted by atomic mass is 10.9. The van der Waals surface area contributed by atoms with E-state index in [1.165, 1.54) is 12.5 Å². The van der Waals surface area contributed by atoms with E-state index in [2.05, 4.69) is 17.2 Å². The Labute approximate surface area is 45.9 Å². The van der Waals surface area contributed by atoms with Crippen LogP contribution in [0.2, 0.25) is 0 Å². The van der Waals surface area contributed by atoms with Gasteiger partial charge >= 0.3 is 5.76 Å². The van der Waals surface area contributed by atoms with Crippen LogP contribution in [0.5, 0.6) is 0 Å². The molecule has 0 saturated carbocycles. The number of hydrogen-bond acceptors (Lipinski definition) is 2. The number of oxazole rings is 1. The molecule has 1 aromatic rings. The van der Waals surface area contributed by atoms with E-state index < -0.39 is 5.76 Å². The highest BCUT2D eigenvalue weighted by Gasteiger charge is 1.75. The molecule has 0 aliphatic heterocycles. The van der Waals surface area contributed by atoms with E-state index in [4.69, 9.17) is 0 Å². The molecule has 0 fully saturated rings. The van der Waals surface area contributed by atoms with Crippen molar-refractivity contribution in [3.05, 3.63) is 29.6 Å². The van der Waals surface area contributed by atoms with Crippen LogP contribution in [0.3, 0.4) is 0 Å². The van der Waals surface area contributed by atoms with Crippen molar-refractivity contribution in [2.45, 2.75) is 0 Å². The second-order valence-corrected chi connectivity index (χ2v) is 1.18. The smallest absolute Gasteiger partial charge is 0.303 e. The molecule has 0 amide bonds. The van der Waals surface area contributed by atoms with E-state index in [0.29, 0.717) is 0 Å². The van der Waals surface area contributed by atoms with E-state index in [0.717, 1.165) is 4.57 Å². The molecule has 0 N–H and O–H groups in total. The Balaban J connectivity index is 3.30. The summed E-state index contributed by atoms with van der Waals surface area (Å²) in [5, 5.41) is 0. The summed E-state index contributed by atoms with van der Waals surface area (Å²) in [6.45, 7) is 3.34. The summed E-state index contributed by atoms with van der Waals surface area (Å²) in [4.78, 5) is 10.3. The zero-order chi connectivity index (χ0) is 5.98. The lowest BCUT2D eigenvalue weighted by molar-refractivity contribution is 0.507. The molecule has 3 nitrogen and oxygen atoms in total. The van der Waals surface area contributed by atoms with Gasteiger partial charge in [0.05, 0.1) is 0 Å². The Morgan fingerprint density at radius 3 is 3.00 bits per heavy atom. The summed E-state index contributed by atoms with van der Waals surface area (Å²) in [6.07, 6.45) is 4.98. The van der Waals surface area contributed by atoms with Gasteiger partial charge in [0.25, 0.3) is 0 Å². The standard InChI is InChI=1S/C5H4NO2/c1-2-6-3-4-8-5(6)7/h2,4H,1H2/q-1. The van der Waals surface area contributed by atoms with Gasteiger partial charge in [0.1, 0.15) is 0 Å². The molecule has 0 spiro atoms. The first kappa shape index (κ1) is 4.90. The average molecular weight is 110 g/mol. The maximum absolute atomic E-state index is 10.3. The van der Waals surface area contributed by atoms with Crippen LogP contribution in [0.15, 0.2) is 22.1 Å². The number of hydrogen-bond donors (Lipinski definition) is 0. The molecule has 8 heavy (non-hydrogen) atoms. The largest absolute Gasteiger partial charge is 0.488 e. The normalized spacial score (nSPS) is 9.00. The van der Waals surface area contributed by atoms with Gasteiger partial charge in [0, 0.05) is 6.26 Å². The van der Waals surface area contributed by atoms with Crippen molar-refractivity contribution in [1.29, 1.82) is 0 Å². The van der Waals surface area contributed by atoms with Crippen molar-refractivity contribution < 1.29 is 4.42 Å². The predicted molar refractivity (Wildman–Crippen MR) is 28.2 cm³/mol. The van der Waals surface area contributed by atoms with Crippen LogP contribution in [0, 0.1) is 6.20 Å². The van der Waals surface area contributed by atoms with Gasteiger partial charge < -0.3 is 13.8 Å². The van der Waals surface area contributed by atoms with E-state index in [-0.39, 0.29) is 0 Å². The molecule has 0 aromatic carbocycles. The Bertz CT molecular complexity index is 233. The van der Waals surface area contributed by atoms with Crippen LogP contribution in [0.1, 0.15) is 0 Å². The van der Waals surface area contributed by atoms with Crippen LogP contribution in [-0.4, -0.2) is 4.57 Å². The summed E-state index contributed by atoms with van der Waals surface area (Å²) in [5.74, 6) is -0.458. The Hall–Kier alpha value is -1.25. The van der Waals surface area contributed by atoms with Crippen molar-refractivity contribution in [1.82, 2.24) is 4.57 Å². The van der Waals surface area contributed by atoms with Crippen LogP contribution < -0.4 is 5.76 Å². The van der Waals surface area contributed by atoms with Crippen molar-refractivity contribution in [3.8, 4) is 0 Å². The minimum absolute atomic E-state index is 0.458. The Morgan fingerprint density at radius 1 is 2.00 bits per heavy atom. The van der Waals surface area contributed by atoms with Crippen molar-refractivity contribution in [2.75, 3.05) is 0 Å². The van der Waals surface area contributed by atoms with E-state index in [1.807, 2.05) is 0 Å². The molecule has 1 aromatic heterocycles. The molecule has 3 heteroatoms. The molecular formula is C5H4NO2-. The molecule has 0 saturated heterocycles. The summed E-state index contributed by atoms with van der Waals surface area (Å²) in [7, 11) is 0. The first-order valence-corrected chi connectivity index (χ1v) is 2.05. The van der Waals surface area contributed by atoms with Gasteiger partial charge in [-0.05, 0) is 0 Å². The second-order valence-electron chi connectivity index (χ2n) is 1.18. The quantitative estimate of drug-likeness (QED) is 0.488. The first-order valence-electron chi connectivity index (χ1n) is 2.05. The molecule has 0 atom stereocenters. The van der Waals surface area contributed by atoms with Gasteiger partial charge in [0.2, 0.25) is 0 Å². The summed E-state index contributed by atoms with van der Waals surface area (Å²) >= 11 is 0. The molecule has 42 valence electrons. The molecule has 0 aliphatic rings. The lowest BCUT2D eigenvalue weighted by Gasteiger charge is -1.91. The molecule has 0 unspecified atom stereocenters. The Kier molecular flexibility index (Phi) is 1.04. The zero-order valence-corrected chi connectivity index (χ0v) is 4.13. The third-order valence-corrected chi connectivity index (χ3v) is 0.731. The molecule has 1 heterocycles.